The zero-order chi connectivity index (χ0) is 21.4. The molecule has 2 fully saturated rings. The van der Waals surface area contributed by atoms with Gasteiger partial charge in [-0.1, -0.05) is 18.2 Å². The van der Waals surface area contributed by atoms with Gasteiger partial charge in [0, 0.05) is 43.4 Å². The third-order valence-corrected chi connectivity index (χ3v) is 7.16. The summed E-state index contributed by atoms with van der Waals surface area (Å²) in [6, 6.07) is 12.8. The molecule has 0 spiro atoms. The lowest BCUT2D eigenvalue weighted by Gasteiger charge is -2.23. The third kappa shape index (κ3) is 2.64. The highest BCUT2D eigenvalue weighted by Gasteiger charge is 2.54. The first-order chi connectivity index (χ1) is 15.7. The van der Waals surface area contributed by atoms with Gasteiger partial charge in [0.15, 0.2) is 5.75 Å². The van der Waals surface area contributed by atoms with Crippen LogP contribution < -0.4 is 15.4 Å². The molecule has 3 aromatic heterocycles. The van der Waals surface area contributed by atoms with Crippen molar-refractivity contribution in [2.45, 2.75) is 19.4 Å². The number of hydrogen-bond acceptors (Lipinski definition) is 7. The maximum absolute atomic E-state index is 6.20. The summed E-state index contributed by atoms with van der Waals surface area (Å²) < 4.78 is 6.12. The summed E-state index contributed by atoms with van der Waals surface area (Å²) in [7, 11) is 0. The van der Waals surface area contributed by atoms with E-state index in [0.717, 1.165) is 47.6 Å². The van der Waals surface area contributed by atoms with E-state index in [0.29, 0.717) is 29.6 Å². The summed E-state index contributed by atoms with van der Waals surface area (Å²) in [5.74, 6) is 2.68. The van der Waals surface area contributed by atoms with Crippen LogP contribution >= 0.6 is 0 Å². The number of aromatic nitrogens is 4. The number of rotatable bonds is 3. The highest BCUT2D eigenvalue weighted by molar-refractivity contribution is 5.85. The van der Waals surface area contributed by atoms with Crippen LogP contribution in [0, 0.1) is 18.8 Å². The number of nitrogens with zero attached hydrogens (tertiary/aromatic N) is 5. The average molecular weight is 422 g/mol. The van der Waals surface area contributed by atoms with Gasteiger partial charge < -0.3 is 15.4 Å². The molecule has 2 atom stereocenters. The molecule has 0 amide bonds. The fraction of sp³-hybridized carbons (Fsp3) is 0.280. The fourth-order valence-corrected chi connectivity index (χ4v) is 5.33. The molecule has 7 rings (SSSR count). The Labute approximate surface area is 185 Å². The molecule has 7 heteroatoms. The van der Waals surface area contributed by atoms with Gasteiger partial charge in [0.25, 0.3) is 0 Å². The molecule has 1 saturated carbocycles. The van der Waals surface area contributed by atoms with Crippen LogP contribution in [0.3, 0.4) is 0 Å². The van der Waals surface area contributed by atoms with Crippen LogP contribution in [0.2, 0.25) is 0 Å². The summed E-state index contributed by atoms with van der Waals surface area (Å²) >= 11 is 0. The number of fused-ring (bicyclic) bond motifs is 5. The van der Waals surface area contributed by atoms with E-state index in [2.05, 4.69) is 40.0 Å². The minimum absolute atomic E-state index is 0.336. The van der Waals surface area contributed by atoms with Crippen LogP contribution in [0.25, 0.3) is 22.2 Å². The number of anilines is 1. The Bertz CT molecular complexity index is 1390. The average Bonchev–Trinajstić information content (AvgIpc) is 3.16. The predicted octanol–water partition coefficient (Wildman–Crippen LogP) is 3.49. The summed E-state index contributed by atoms with van der Waals surface area (Å²) in [4.78, 5) is 20.9. The smallest absolute Gasteiger partial charge is 0.324 e. The Morgan fingerprint density at radius 1 is 1.03 bits per heavy atom. The van der Waals surface area contributed by atoms with Crippen molar-refractivity contribution in [2.24, 2.45) is 17.6 Å². The second-order valence-corrected chi connectivity index (χ2v) is 9.05. The van der Waals surface area contributed by atoms with E-state index < -0.39 is 0 Å². The van der Waals surface area contributed by atoms with Gasteiger partial charge in [0.05, 0.1) is 22.9 Å². The molecule has 2 aliphatic carbocycles. The number of aryl methyl sites for hydroxylation is 1. The van der Waals surface area contributed by atoms with E-state index in [-0.39, 0.29) is 0 Å². The van der Waals surface area contributed by atoms with Crippen molar-refractivity contribution in [3.05, 3.63) is 65.6 Å². The Hall–Kier alpha value is -3.58. The highest BCUT2D eigenvalue weighted by atomic mass is 16.5. The molecule has 0 radical (unpaired) electrons. The standard InChI is InChI=1S/C25H22N6O/c1-13-4-2-5-15-16(13)9-21-22(15)24(31-11-17-18(12-31)23(17)26)30-25(29-21)32-14-8-20-19(28-10-14)6-3-7-27-20/h2-8,10,17-18,23H,9,11-12,26H2,1H3. The molecule has 1 aliphatic heterocycles. The maximum Gasteiger partial charge on any atom is 0.324 e. The van der Waals surface area contributed by atoms with Gasteiger partial charge in [-0.2, -0.15) is 9.97 Å². The molecule has 158 valence electrons. The van der Waals surface area contributed by atoms with E-state index in [1.54, 1.807) is 12.4 Å². The van der Waals surface area contributed by atoms with Gasteiger partial charge in [0.1, 0.15) is 5.82 Å². The van der Waals surface area contributed by atoms with Crippen molar-refractivity contribution in [1.82, 2.24) is 19.9 Å². The Balaban J connectivity index is 1.32. The van der Waals surface area contributed by atoms with Crippen molar-refractivity contribution >= 4 is 16.9 Å². The van der Waals surface area contributed by atoms with E-state index in [4.69, 9.17) is 20.4 Å². The van der Waals surface area contributed by atoms with Gasteiger partial charge in [-0.05, 0) is 47.6 Å². The normalized spacial score (nSPS) is 22.6. The molecule has 0 bridgehead atoms. The minimum atomic E-state index is 0.336. The molecule has 7 nitrogen and oxygen atoms in total. The number of pyridine rings is 2. The van der Waals surface area contributed by atoms with Crippen LogP contribution in [-0.2, 0) is 6.42 Å². The third-order valence-electron chi connectivity index (χ3n) is 7.16. The predicted molar refractivity (Wildman–Crippen MR) is 122 cm³/mol. The Kier molecular flexibility index (Phi) is 3.64. The van der Waals surface area contributed by atoms with Gasteiger partial charge in [-0.15, -0.1) is 0 Å². The second kappa shape index (κ2) is 6.46. The Morgan fingerprint density at radius 3 is 2.78 bits per heavy atom. The zero-order valence-corrected chi connectivity index (χ0v) is 17.7. The van der Waals surface area contributed by atoms with Crippen molar-refractivity contribution in [3.63, 3.8) is 0 Å². The van der Waals surface area contributed by atoms with Crippen molar-refractivity contribution in [2.75, 3.05) is 18.0 Å². The summed E-state index contributed by atoms with van der Waals surface area (Å²) in [6.45, 7) is 4.04. The monoisotopic (exact) mass is 422 g/mol. The number of nitrogens with two attached hydrogens (primary N) is 1. The molecule has 2 N–H and O–H groups in total. The van der Waals surface area contributed by atoms with Crippen LogP contribution in [0.15, 0.2) is 48.8 Å². The summed E-state index contributed by atoms with van der Waals surface area (Å²) in [5, 5.41) is 0. The van der Waals surface area contributed by atoms with Gasteiger partial charge in [-0.3, -0.25) is 9.97 Å². The topological polar surface area (TPSA) is 90.0 Å². The summed E-state index contributed by atoms with van der Waals surface area (Å²) in [5.41, 5.74) is 13.8. The largest absolute Gasteiger partial charge is 0.423 e. The molecule has 3 aliphatic rings. The van der Waals surface area contributed by atoms with Crippen molar-refractivity contribution in [1.29, 1.82) is 0 Å². The number of benzene rings is 1. The minimum Gasteiger partial charge on any atom is -0.423 e. The van der Waals surface area contributed by atoms with Crippen molar-refractivity contribution in [3.8, 4) is 22.9 Å². The van der Waals surface area contributed by atoms with Crippen LogP contribution in [0.4, 0.5) is 5.82 Å². The number of hydrogen-bond donors (Lipinski definition) is 1. The molecule has 4 aromatic rings. The number of ether oxygens (including phenoxy) is 1. The molecule has 4 heterocycles. The first-order valence-corrected chi connectivity index (χ1v) is 11.0. The van der Waals surface area contributed by atoms with E-state index in [1.807, 2.05) is 18.2 Å². The molecule has 2 unspecified atom stereocenters. The van der Waals surface area contributed by atoms with E-state index >= 15 is 0 Å². The lowest BCUT2D eigenvalue weighted by atomic mass is 10.0. The first-order valence-electron chi connectivity index (χ1n) is 11.0. The van der Waals surface area contributed by atoms with Crippen LogP contribution in [-0.4, -0.2) is 39.1 Å². The summed E-state index contributed by atoms with van der Waals surface area (Å²) in [6.07, 6.45) is 4.24. The molecular formula is C25H22N6O. The molecule has 32 heavy (non-hydrogen) atoms. The van der Waals surface area contributed by atoms with Crippen molar-refractivity contribution < 1.29 is 4.74 Å². The quantitative estimate of drug-likeness (QED) is 0.476. The van der Waals surface area contributed by atoms with Gasteiger partial charge in [-0.25, -0.2) is 0 Å². The van der Waals surface area contributed by atoms with Crippen LogP contribution in [0.1, 0.15) is 16.8 Å². The Morgan fingerprint density at radius 2 is 1.91 bits per heavy atom. The molecular weight excluding hydrogens is 400 g/mol. The highest BCUT2D eigenvalue weighted by Crippen LogP contribution is 2.49. The van der Waals surface area contributed by atoms with Gasteiger partial charge >= 0.3 is 6.01 Å². The molecule has 1 saturated heterocycles. The SMILES string of the molecule is Cc1cccc2c1Cc1nc(Oc3cnc4cccnc4c3)nc(N3CC4C(N)C4C3)c1-2. The lowest BCUT2D eigenvalue weighted by Crippen LogP contribution is -2.29. The number of piperidine rings is 1. The van der Waals surface area contributed by atoms with E-state index in [9.17, 15) is 0 Å². The second-order valence-electron chi connectivity index (χ2n) is 9.05. The molecule has 1 aromatic carbocycles. The van der Waals surface area contributed by atoms with Crippen LogP contribution in [0.5, 0.6) is 11.8 Å². The lowest BCUT2D eigenvalue weighted by molar-refractivity contribution is 0.439. The van der Waals surface area contributed by atoms with Gasteiger partial charge in [0.2, 0.25) is 0 Å². The maximum atomic E-state index is 6.20. The first kappa shape index (κ1) is 18.0. The fourth-order valence-electron chi connectivity index (χ4n) is 5.33. The van der Waals surface area contributed by atoms with E-state index in [1.165, 1.54) is 16.7 Å². The zero-order valence-electron chi connectivity index (χ0n) is 17.7.